The zero-order chi connectivity index (χ0) is 25.1. The summed E-state index contributed by atoms with van der Waals surface area (Å²) in [6.45, 7) is 2.22. The molecule has 1 heterocycles. The Hall–Kier alpha value is -1.80. The molecule has 2 fully saturated rings. The molecule has 4 rings (SSSR count). The monoisotopic (exact) mass is 509 g/mol. The molecule has 1 amide bonds. The second-order valence-corrected chi connectivity index (χ2v) is 11.4. The van der Waals surface area contributed by atoms with Crippen LogP contribution in [0.15, 0.2) is 11.9 Å². The number of anilines is 1. The molecule has 3 aliphatic carbocycles. The van der Waals surface area contributed by atoms with Gasteiger partial charge in [0, 0.05) is 29.5 Å². The van der Waals surface area contributed by atoms with Crippen molar-refractivity contribution in [2.24, 2.45) is 11.8 Å². The van der Waals surface area contributed by atoms with Crippen LogP contribution in [0.3, 0.4) is 0 Å². The minimum atomic E-state index is -1.61. The van der Waals surface area contributed by atoms with Gasteiger partial charge in [-0.25, -0.2) is 13.6 Å². The molecule has 0 aliphatic heterocycles. The van der Waals surface area contributed by atoms with Crippen LogP contribution in [0, 0.1) is 11.8 Å². The van der Waals surface area contributed by atoms with Crippen LogP contribution in [-0.4, -0.2) is 44.4 Å². The molecule has 2 saturated carbocycles. The van der Waals surface area contributed by atoms with Crippen LogP contribution in [0.2, 0.25) is 0 Å². The van der Waals surface area contributed by atoms with Gasteiger partial charge in [0.25, 0.3) is 0 Å². The summed E-state index contributed by atoms with van der Waals surface area (Å²) in [5.74, 6) is -0.751. The van der Waals surface area contributed by atoms with Crippen LogP contribution in [0.1, 0.15) is 92.1 Å². The minimum absolute atomic E-state index is 0.0359. The first-order chi connectivity index (χ1) is 16.8. The third kappa shape index (κ3) is 5.63. The SMILES string of the molecule is COC(=O)c1sc(C2=C(F)C(F)CCC2)cc1N(C(=O)C1CCC(C)CC1)C1CCC(OC)CC1. The molecule has 194 valence electrons. The average molecular weight is 510 g/mol. The number of carbonyl (C=O) groups is 2. The number of esters is 1. The van der Waals surface area contributed by atoms with Crippen molar-refractivity contribution >= 4 is 34.5 Å². The van der Waals surface area contributed by atoms with E-state index >= 15 is 0 Å². The molecule has 1 atom stereocenters. The Morgan fingerprint density at radius 3 is 2.34 bits per heavy atom. The Kier molecular flexibility index (Phi) is 8.63. The maximum Gasteiger partial charge on any atom is 0.350 e. The number of hydrogen-bond acceptors (Lipinski definition) is 5. The van der Waals surface area contributed by atoms with E-state index in [1.807, 2.05) is 4.90 Å². The molecule has 0 saturated heterocycles. The Labute approximate surface area is 210 Å². The lowest BCUT2D eigenvalue weighted by Crippen LogP contribution is -2.47. The molecule has 0 aromatic carbocycles. The van der Waals surface area contributed by atoms with Gasteiger partial charge in [0.15, 0.2) is 6.17 Å². The summed E-state index contributed by atoms with van der Waals surface area (Å²) in [5, 5.41) is 0. The van der Waals surface area contributed by atoms with E-state index in [4.69, 9.17) is 9.47 Å². The molecule has 1 aromatic rings. The number of ether oxygens (including phenoxy) is 2. The molecular weight excluding hydrogens is 472 g/mol. The van der Waals surface area contributed by atoms with Crippen molar-refractivity contribution in [3.63, 3.8) is 0 Å². The van der Waals surface area contributed by atoms with Gasteiger partial charge in [-0.1, -0.05) is 6.92 Å². The van der Waals surface area contributed by atoms with Crippen LogP contribution < -0.4 is 4.90 Å². The number of methoxy groups -OCH3 is 2. The van der Waals surface area contributed by atoms with Crippen molar-refractivity contribution in [3.8, 4) is 0 Å². The summed E-state index contributed by atoms with van der Waals surface area (Å²) in [5.41, 5.74) is 0.801. The fourth-order valence-corrected chi connectivity index (χ4v) is 6.96. The number of thiophene rings is 1. The molecule has 0 radical (unpaired) electrons. The van der Waals surface area contributed by atoms with Gasteiger partial charge in [0.2, 0.25) is 5.91 Å². The highest BCUT2D eigenvalue weighted by Crippen LogP contribution is 2.44. The van der Waals surface area contributed by atoms with Gasteiger partial charge in [-0.05, 0) is 82.6 Å². The zero-order valence-electron chi connectivity index (χ0n) is 21.0. The molecule has 1 aromatic heterocycles. The lowest BCUT2D eigenvalue weighted by atomic mass is 9.81. The molecule has 3 aliphatic rings. The average Bonchev–Trinajstić information content (AvgIpc) is 3.30. The minimum Gasteiger partial charge on any atom is -0.465 e. The number of halogens is 2. The highest BCUT2D eigenvalue weighted by Gasteiger charge is 2.38. The summed E-state index contributed by atoms with van der Waals surface area (Å²) >= 11 is 1.11. The quantitative estimate of drug-likeness (QED) is 0.393. The van der Waals surface area contributed by atoms with Crippen molar-refractivity contribution in [2.45, 2.75) is 95.9 Å². The molecule has 8 heteroatoms. The van der Waals surface area contributed by atoms with E-state index in [2.05, 4.69) is 6.92 Å². The Bertz CT molecular complexity index is 945. The van der Waals surface area contributed by atoms with Crippen LogP contribution in [0.25, 0.3) is 5.57 Å². The number of hydrogen-bond donors (Lipinski definition) is 0. The maximum atomic E-state index is 14.8. The van der Waals surface area contributed by atoms with Gasteiger partial charge in [-0.2, -0.15) is 0 Å². The standard InChI is InChI=1S/C27H37F2NO4S/c1-16-7-9-17(10-8-16)26(31)30(18-11-13-19(33-2)14-12-18)22-15-23(35-25(22)27(32)34-3)20-5-4-6-21(28)24(20)29/h15-19,21H,4-14H2,1-3H3. The van der Waals surface area contributed by atoms with Gasteiger partial charge in [0.1, 0.15) is 10.7 Å². The van der Waals surface area contributed by atoms with Crippen LogP contribution in [0.5, 0.6) is 0 Å². The first-order valence-electron chi connectivity index (χ1n) is 12.9. The Morgan fingerprint density at radius 1 is 1.03 bits per heavy atom. The fraction of sp³-hybridized carbons (Fsp3) is 0.704. The Balaban J connectivity index is 1.75. The van der Waals surface area contributed by atoms with Crippen molar-refractivity contribution in [2.75, 3.05) is 19.1 Å². The van der Waals surface area contributed by atoms with Crippen molar-refractivity contribution < 1.29 is 27.8 Å². The fourth-order valence-electron chi connectivity index (χ4n) is 5.82. The Morgan fingerprint density at radius 2 is 1.71 bits per heavy atom. The van der Waals surface area contributed by atoms with E-state index < -0.39 is 18.0 Å². The van der Waals surface area contributed by atoms with Crippen molar-refractivity contribution in [1.82, 2.24) is 0 Å². The van der Waals surface area contributed by atoms with Gasteiger partial charge in [-0.3, -0.25) is 4.79 Å². The summed E-state index contributed by atoms with van der Waals surface area (Å²) in [4.78, 5) is 29.5. The number of rotatable bonds is 6. The maximum absolute atomic E-state index is 14.8. The number of nitrogens with zero attached hydrogens (tertiary/aromatic N) is 1. The van der Waals surface area contributed by atoms with Crippen LogP contribution in [0.4, 0.5) is 14.5 Å². The number of alkyl halides is 1. The lowest BCUT2D eigenvalue weighted by Gasteiger charge is -2.39. The molecule has 1 unspecified atom stereocenters. The normalized spacial score (nSPS) is 29.7. The molecule has 0 spiro atoms. The van der Waals surface area contributed by atoms with Gasteiger partial charge in [-0.15, -0.1) is 11.3 Å². The number of allylic oxidation sites excluding steroid dienone is 2. The predicted octanol–water partition coefficient (Wildman–Crippen LogP) is 6.85. The second kappa shape index (κ2) is 11.5. The third-order valence-corrected chi connectivity index (χ3v) is 9.20. The van der Waals surface area contributed by atoms with Crippen LogP contribution >= 0.6 is 11.3 Å². The largest absolute Gasteiger partial charge is 0.465 e. The van der Waals surface area contributed by atoms with Gasteiger partial charge >= 0.3 is 5.97 Å². The summed E-state index contributed by atoms with van der Waals surface area (Å²) < 4.78 is 39.6. The van der Waals surface area contributed by atoms with Crippen molar-refractivity contribution in [3.05, 3.63) is 21.6 Å². The predicted molar refractivity (Wildman–Crippen MR) is 134 cm³/mol. The molecule has 5 nitrogen and oxygen atoms in total. The summed E-state index contributed by atoms with van der Waals surface area (Å²) in [6.07, 6.45) is 6.57. The van der Waals surface area contributed by atoms with Crippen molar-refractivity contribution in [1.29, 1.82) is 0 Å². The molecule has 0 bridgehead atoms. The van der Waals surface area contributed by atoms with E-state index in [-0.39, 0.29) is 35.3 Å². The highest BCUT2D eigenvalue weighted by atomic mass is 32.1. The number of amides is 1. The van der Waals surface area contributed by atoms with Gasteiger partial charge < -0.3 is 14.4 Å². The highest BCUT2D eigenvalue weighted by molar-refractivity contribution is 7.15. The smallest absolute Gasteiger partial charge is 0.350 e. The molecule has 0 N–H and O–H groups in total. The van der Waals surface area contributed by atoms with Gasteiger partial charge in [0.05, 0.1) is 18.9 Å². The molecule has 35 heavy (non-hydrogen) atoms. The lowest BCUT2D eigenvalue weighted by molar-refractivity contribution is -0.124. The van der Waals surface area contributed by atoms with E-state index in [9.17, 15) is 18.4 Å². The first-order valence-corrected chi connectivity index (χ1v) is 13.8. The van der Waals surface area contributed by atoms with Crippen LogP contribution in [-0.2, 0) is 14.3 Å². The second-order valence-electron chi connectivity index (χ2n) is 10.3. The van der Waals surface area contributed by atoms with E-state index in [1.54, 1.807) is 13.2 Å². The third-order valence-electron chi connectivity index (χ3n) is 8.03. The van der Waals surface area contributed by atoms with E-state index in [1.165, 1.54) is 7.11 Å². The van der Waals surface area contributed by atoms with E-state index in [0.29, 0.717) is 34.9 Å². The number of carbonyl (C=O) groups excluding carboxylic acids is 2. The summed E-state index contributed by atoms with van der Waals surface area (Å²) in [7, 11) is 3.02. The molecular formula is C27H37F2NO4S. The van der Waals surface area contributed by atoms with E-state index in [0.717, 1.165) is 62.7 Å². The summed E-state index contributed by atoms with van der Waals surface area (Å²) in [6, 6.07) is 1.66. The first kappa shape index (κ1) is 26.3. The zero-order valence-corrected chi connectivity index (χ0v) is 21.8. The topological polar surface area (TPSA) is 55.8 Å².